The molecule has 0 saturated carbocycles. The van der Waals surface area contributed by atoms with Crippen LogP contribution in [0.3, 0.4) is 0 Å². The molecule has 0 radical (unpaired) electrons. The van der Waals surface area contributed by atoms with Crippen LogP contribution in [0.2, 0.25) is 0 Å². The summed E-state index contributed by atoms with van der Waals surface area (Å²) in [6.07, 6.45) is -4.50. The predicted molar refractivity (Wildman–Crippen MR) is 68.0 cm³/mol. The molecule has 9 heteroatoms. The molecule has 20 heavy (non-hydrogen) atoms. The fraction of sp³-hybridized carbons (Fsp3) is 0.182. The number of amides is 1. The van der Waals surface area contributed by atoms with Crippen LogP contribution in [0.1, 0.15) is 21.6 Å². The zero-order valence-corrected chi connectivity index (χ0v) is 11.4. The van der Waals surface area contributed by atoms with Gasteiger partial charge in [-0.1, -0.05) is 28.1 Å². The molecule has 1 amide bonds. The summed E-state index contributed by atoms with van der Waals surface area (Å²) < 4.78 is 38.9. The number of halogens is 4. The van der Waals surface area contributed by atoms with Crippen LogP contribution < -0.4 is 5.73 Å². The highest BCUT2D eigenvalue weighted by Gasteiger charge is 2.33. The van der Waals surface area contributed by atoms with Gasteiger partial charge >= 0.3 is 6.18 Å². The Hall–Kier alpha value is -1.90. The third kappa shape index (κ3) is 2.67. The molecule has 0 aliphatic carbocycles. The van der Waals surface area contributed by atoms with Crippen LogP contribution in [-0.2, 0) is 11.5 Å². The minimum Gasteiger partial charge on any atom is -0.364 e. The van der Waals surface area contributed by atoms with Crippen molar-refractivity contribution < 1.29 is 18.0 Å². The van der Waals surface area contributed by atoms with E-state index in [-0.39, 0.29) is 27.8 Å². The van der Waals surface area contributed by atoms with Gasteiger partial charge in [0.15, 0.2) is 5.69 Å². The molecule has 1 heterocycles. The second kappa shape index (κ2) is 5.23. The second-order valence-electron chi connectivity index (χ2n) is 3.89. The van der Waals surface area contributed by atoms with Crippen LogP contribution >= 0.6 is 15.9 Å². The first-order valence-corrected chi connectivity index (χ1v) is 6.43. The van der Waals surface area contributed by atoms with E-state index >= 15 is 0 Å². The number of carbonyl (C=O) groups excluding carboxylic acids is 1. The van der Waals surface area contributed by atoms with Crippen molar-refractivity contribution in [2.75, 3.05) is 0 Å². The first kappa shape index (κ1) is 14.5. The minimum absolute atomic E-state index is 0.0101. The van der Waals surface area contributed by atoms with Crippen molar-refractivity contribution in [2.45, 2.75) is 11.5 Å². The average molecular weight is 349 g/mol. The van der Waals surface area contributed by atoms with Crippen LogP contribution in [0.15, 0.2) is 18.2 Å². The van der Waals surface area contributed by atoms with Gasteiger partial charge in [0, 0.05) is 10.9 Å². The molecule has 0 fully saturated rings. The van der Waals surface area contributed by atoms with E-state index in [1.54, 1.807) is 0 Å². The molecule has 1 aromatic heterocycles. The quantitative estimate of drug-likeness (QED) is 0.835. The zero-order valence-electron chi connectivity index (χ0n) is 9.83. The molecule has 3 N–H and O–H groups in total. The second-order valence-corrected chi connectivity index (χ2v) is 4.45. The maximum absolute atomic E-state index is 13.0. The maximum atomic E-state index is 13.0. The standard InChI is InChI=1S/C11H8BrF3N4O/c12-4-6-2-1-5(3-7(6)11(13,14)15)8-9(10(16)20)18-19-17-8/h1-3H,4H2,(H2,16,20)(H,17,18,19). The van der Waals surface area contributed by atoms with Crippen LogP contribution in [0.25, 0.3) is 11.3 Å². The molecule has 0 atom stereocenters. The number of nitrogens with zero attached hydrogens (tertiary/aromatic N) is 2. The number of rotatable bonds is 3. The van der Waals surface area contributed by atoms with Crippen molar-refractivity contribution in [3.8, 4) is 11.3 Å². The highest BCUT2D eigenvalue weighted by molar-refractivity contribution is 9.08. The summed E-state index contributed by atoms with van der Waals surface area (Å²) in [6.45, 7) is 0. The van der Waals surface area contributed by atoms with Crippen molar-refractivity contribution in [1.82, 2.24) is 15.4 Å². The number of aromatic nitrogens is 3. The normalized spacial score (nSPS) is 11.6. The highest BCUT2D eigenvalue weighted by Crippen LogP contribution is 2.35. The van der Waals surface area contributed by atoms with Crippen LogP contribution in [0, 0.1) is 0 Å². The van der Waals surface area contributed by atoms with Gasteiger partial charge in [0.1, 0.15) is 5.69 Å². The molecule has 0 spiro atoms. The molecule has 2 aromatic rings. The SMILES string of the molecule is NC(=O)c1n[nH]nc1-c1ccc(CBr)c(C(F)(F)F)c1. The molecule has 5 nitrogen and oxygen atoms in total. The van der Waals surface area contributed by atoms with Crippen molar-refractivity contribution in [3.05, 3.63) is 35.0 Å². The lowest BCUT2D eigenvalue weighted by Crippen LogP contribution is -2.13. The predicted octanol–water partition coefficient (Wildman–Crippen LogP) is 2.48. The molecule has 0 unspecified atom stereocenters. The van der Waals surface area contributed by atoms with Gasteiger partial charge in [0.05, 0.1) is 5.56 Å². The Kier molecular flexibility index (Phi) is 3.80. The van der Waals surface area contributed by atoms with Crippen molar-refractivity contribution in [1.29, 1.82) is 0 Å². The van der Waals surface area contributed by atoms with E-state index in [1.165, 1.54) is 12.1 Å². The van der Waals surface area contributed by atoms with Gasteiger partial charge < -0.3 is 5.73 Å². The number of carbonyl (C=O) groups is 1. The van der Waals surface area contributed by atoms with Crippen LogP contribution in [0.5, 0.6) is 0 Å². The lowest BCUT2D eigenvalue weighted by Gasteiger charge is -2.12. The summed E-state index contributed by atoms with van der Waals surface area (Å²) in [6, 6.07) is 3.66. The molecule has 2 rings (SSSR count). The monoisotopic (exact) mass is 348 g/mol. The van der Waals surface area contributed by atoms with E-state index in [0.717, 1.165) is 6.07 Å². The first-order valence-electron chi connectivity index (χ1n) is 5.31. The molecule has 0 aliphatic rings. The molecular weight excluding hydrogens is 341 g/mol. The maximum Gasteiger partial charge on any atom is 0.416 e. The number of hydrogen-bond acceptors (Lipinski definition) is 3. The molecule has 106 valence electrons. The summed E-state index contributed by atoms with van der Waals surface area (Å²) in [5, 5.41) is 9.43. The number of nitrogens with one attached hydrogen (secondary N) is 1. The molecule has 0 saturated heterocycles. The zero-order chi connectivity index (χ0) is 14.9. The van der Waals surface area contributed by atoms with E-state index in [2.05, 4.69) is 31.3 Å². The largest absolute Gasteiger partial charge is 0.416 e. The van der Waals surface area contributed by atoms with Gasteiger partial charge in [-0.15, -0.1) is 0 Å². The number of hydrogen-bond donors (Lipinski definition) is 2. The summed E-state index contributed by atoms with van der Waals surface area (Å²) in [4.78, 5) is 11.1. The molecular formula is C11H8BrF3N4O. The third-order valence-corrected chi connectivity index (χ3v) is 3.22. The van der Waals surface area contributed by atoms with Crippen molar-refractivity contribution >= 4 is 21.8 Å². The Morgan fingerprint density at radius 1 is 1.35 bits per heavy atom. The lowest BCUT2D eigenvalue weighted by molar-refractivity contribution is -0.138. The van der Waals surface area contributed by atoms with Gasteiger partial charge in [-0.25, -0.2) is 0 Å². The van der Waals surface area contributed by atoms with E-state index in [4.69, 9.17) is 5.73 Å². The van der Waals surface area contributed by atoms with Crippen LogP contribution in [-0.4, -0.2) is 21.3 Å². The number of nitrogens with two attached hydrogens (primary N) is 1. The first-order chi connectivity index (χ1) is 9.34. The van der Waals surface area contributed by atoms with Crippen LogP contribution in [0.4, 0.5) is 13.2 Å². The van der Waals surface area contributed by atoms with Gasteiger partial charge in [-0.2, -0.15) is 28.6 Å². The number of aromatic amines is 1. The summed E-state index contributed by atoms with van der Waals surface area (Å²) in [7, 11) is 0. The van der Waals surface area contributed by atoms with E-state index in [0.29, 0.717) is 0 Å². The third-order valence-electron chi connectivity index (χ3n) is 2.61. The summed E-state index contributed by atoms with van der Waals surface area (Å²) in [5.41, 5.74) is 4.27. The average Bonchev–Trinajstić information content (AvgIpc) is 2.86. The van der Waals surface area contributed by atoms with Crippen molar-refractivity contribution in [3.63, 3.8) is 0 Å². The van der Waals surface area contributed by atoms with Gasteiger partial charge in [0.2, 0.25) is 0 Å². The Labute approximate surface area is 119 Å². The fourth-order valence-corrected chi connectivity index (χ4v) is 2.20. The molecule has 0 bridgehead atoms. The minimum atomic E-state index is -4.50. The number of alkyl halides is 4. The number of benzene rings is 1. The summed E-state index contributed by atoms with van der Waals surface area (Å²) >= 11 is 3.00. The molecule has 0 aliphatic heterocycles. The number of H-pyrrole nitrogens is 1. The number of primary amides is 1. The Bertz CT molecular complexity index is 653. The van der Waals surface area contributed by atoms with E-state index in [1.807, 2.05) is 0 Å². The Balaban J connectivity index is 2.59. The lowest BCUT2D eigenvalue weighted by atomic mass is 10.0. The fourth-order valence-electron chi connectivity index (χ4n) is 1.71. The highest BCUT2D eigenvalue weighted by atomic mass is 79.9. The van der Waals surface area contributed by atoms with E-state index in [9.17, 15) is 18.0 Å². The van der Waals surface area contributed by atoms with Gasteiger partial charge in [-0.3, -0.25) is 4.79 Å². The van der Waals surface area contributed by atoms with Crippen molar-refractivity contribution in [2.24, 2.45) is 5.73 Å². The topological polar surface area (TPSA) is 84.7 Å². The molecule has 1 aromatic carbocycles. The van der Waals surface area contributed by atoms with E-state index < -0.39 is 17.6 Å². The van der Waals surface area contributed by atoms with Gasteiger partial charge in [0.25, 0.3) is 5.91 Å². The Morgan fingerprint density at radius 2 is 2.05 bits per heavy atom. The van der Waals surface area contributed by atoms with Gasteiger partial charge in [-0.05, 0) is 11.6 Å². The summed E-state index contributed by atoms with van der Waals surface area (Å²) in [5.74, 6) is -0.869. The smallest absolute Gasteiger partial charge is 0.364 e. The Morgan fingerprint density at radius 3 is 2.60 bits per heavy atom.